The van der Waals surface area contributed by atoms with E-state index in [-0.39, 0.29) is 12.4 Å². The van der Waals surface area contributed by atoms with Gasteiger partial charge < -0.3 is 4.74 Å². The maximum atomic E-state index is 11.7. The third kappa shape index (κ3) is 2.25. The zero-order chi connectivity index (χ0) is 14.1. The van der Waals surface area contributed by atoms with Crippen LogP contribution in [-0.4, -0.2) is 22.0 Å². The summed E-state index contributed by atoms with van der Waals surface area (Å²) in [6, 6.07) is 4.08. The van der Waals surface area contributed by atoms with Gasteiger partial charge in [0, 0.05) is 16.8 Å². The molecule has 0 saturated carbocycles. The van der Waals surface area contributed by atoms with Crippen molar-refractivity contribution < 1.29 is 9.53 Å². The fourth-order valence-electron chi connectivity index (χ4n) is 2.19. The van der Waals surface area contributed by atoms with Crippen LogP contribution in [0.3, 0.4) is 0 Å². The number of hydrogen-bond acceptors (Lipinski definition) is 5. The molecular formula is C14H14N2O2S2. The predicted molar refractivity (Wildman–Crippen MR) is 81.5 cm³/mol. The molecule has 3 aromatic heterocycles. The van der Waals surface area contributed by atoms with E-state index in [1.807, 2.05) is 30.7 Å². The molecule has 20 heavy (non-hydrogen) atoms. The molecule has 0 N–H and O–H groups in total. The fraction of sp³-hybridized carbons (Fsp3) is 0.286. The van der Waals surface area contributed by atoms with Gasteiger partial charge in [-0.1, -0.05) is 6.07 Å². The number of esters is 1. The van der Waals surface area contributed by atoms with Gasteiger partial charge in [-0.15, -0.1) is 22.7 Å². The second-order valence-corrected chi connectivity index (χ2v) is 6.13. The molecule has 0 aromatic carbocycles. The van der Waals surface area contributed by atoms with Gasteiger partial charge in [0.15, 0.2) is 4.96 Å². The van der Waals surface area contributed by atoms with Gasteiger partial charge in [0.05, 0.1) is 17.9 Å². The Balaban J connectivity index is 2.01. The Morgan fingerprint density at radius 3 is 3.00 bits per heavy atom. The Kier molecular flexibility index (Phi) is 3.58. The predicted octanol–water partition coefficient (Wildman–Crippen LogP) is 3.54. The summed E-state index contributed by atoms with van der Waals surface area (Å²) in [6.07, 6.45) is 0.287. The quantitative estimate of drug-likeness (QED) is 0.693. The zero-order valence-electron chi connectivity index (χ0n) is 11.3. The molecule has 0 aliphatic carbocycles. The second kappa shape index (κ2) is 5.38. The monoisotopic (exact) mass is 306 g/mol. The molecule has 3 aromatic rings. The van der Waals surface area contributed by atoms with Gasteiger partial charge in [-0.05, 0) is 25.3 Å². The zero-order valence-corrected chi connectivity index (χ0v) is 12.9. The minimum atomic E-state index is -0.196. The minimum absolute atomic E-state index is 0.196. The van der Waals surface area contributed by atoms with Crippen molar-refractivity contribution in [1.82, 2.24) is 9.38 Å². The van der Waals surface area contributed by atoms with Crippen molar-refractivity contribution in [2.45, 2.75) is 20.3 Å². The number of carbonyl (C=O) groups is 1. The van der Waals surface area contributed by atoms with Crippen LogP contribution in [-0.2, 0) is 16.0 Å². The smallest absolute Gasteiger partial charge is 0.311 e. The molecule has 3 rings (SSSR count). The lowest BCUT2D eigenvalue weighted by molar-refractivity contribution is -0.142. The molecule has 0 aliphatic heterocycles. The molecule has 0 saturated heterocycles. The summed E-state index contributed by atoms with van der Waals surface area (Å²) in [4.78, 5) is 18.4. The van der Waals surface area contributed by atoms with Crippen LogP contribution in [0.5, 0.6) is 0 Å². The maximum absolute atomic E-state index is 11.7. The van der Waals surface area contributed by atoms with E-state index in [1.54, 1.807) is 22.7 Å². The van der Waals surface area contributed by atoms with Crippen molar-refractivity contribution in [3.05, 3.63) is 34.3 Å². The van der Waals surface area contributed by atoms with E-state index in [1.165, 1.54) is 0 Å². The van der Waals surface area contributed by atoms with E-state index in [2.05, 4.69) is 15.5 Å². The van der Waals surface area contributed by atoms with Crippen LogP contribution in [0, 0.1) is 6.92 Å². The number of ether oxygens (including phenoxy) is 1. The fourth-order valence-corrected chi connectivity index (χ4v) is 3.89. The van der Waals surface area contributed by atoms with Crippen LogP contribution >= 0.6 is 22.7 Å². The van der Waals surface area contributed by atoms with Gasteiger partial charge in [0.2, 0.25) is 0 Å². The largest absolute Gasteiger partial charge is 0.466 e. The Bertz CT molecular complexity index is 741. The average molecular weight is 306 g/mol. The van der Waals surface area contributed by atoms with Crippen LogP contribution in [0.25, 0.3) is 15.5 Å². The highest BCUT2D eigenvalue weighted by molar-refractivity contribution is 7.15. The summed E-state index contributed by atoms with van der Waals surface area (Å²) < 4.78 is 7.07. The summed E-state index contributed by atoms with van der Waals surface area (Å²) in [5, 5.41) is 4.02. The van der Waals surface area contributed by atoms with Crippen molar-refractivity contribution in [2.75, 3.05) is 6.61 Å². The van der Waals surface area contributed by atoms with E-state index in [0.29, 0.717) is 6.61 Å². The van der Waals surface area contributed by atoms with Crippen LogP contribution in [0.1, 0.15) is 18.3 Å². The molecule has 0 aliphatic rings. The molecule has 0 amide bonds. The number of rotatable bonds is 4. The van der Waals surface area contributed by atoms with Crippen molar-refractivity contribution in [2.24, 2.45) is 0 Å². The van der Waals surface area contributed by atoms with Crippen LogP contribution < -0.4 is 0 Å². The van der Waals surface area contributed by atoms with Crippen molar-refractivity contribution in [3.8, 4) is 10.6 Å². The standard InChI is InChI=1S/C14H14N2O2S2/c1-3-18-12(17)7-10-8-20-14-15-13(9(2)16(10)14)11-5-4-6-19-11/h4-6,8H,3,7H2,1-2H3. The lowest BCUT2D eigenvalue weighted by atomic mass is 10.3. The first-order valence-electron chi connectivity index (χ1n) is 6.35. The Morgan fingerprint density at radius 1 is 1.45 bits per heavy atom. The number of hydrogen-bond donors (Lipinski definition) is 0. The Labute approximate surface area is 124 Å². The number of nitrogens with zero attached hydrogens (tertiary/aromatic N) is 2. The molecule has 0 radical (unpaired) electrons. The van der Waals surface area contributed by atoms with Gasteiger partial charge in [-0.3, -0.25) is 9.20 Å². The summed E-state index contributed by atoms with van der Waals surface area (Å²) in [5.41, 5.74) is 3.01. The van der Waals surface area contributed by atoms with E-state index in [9.17, 15) is 4.79 Å². The van der Waals surface area contributed by atoms with Crippen LogP contribution in [0.15, 0.2) is 22.9 Å². The lowest BCUT2D eigenvalue weighted by Gasteiger charge is -2.02. The van der Waals surface area contributed by atoms with Gasteiger partial charge in [-0.2, -0.15) is 0 Å². The molecule has 3 heterocycles. The van der Waals surface area contributed by atoms with Gasteiger partial charge in [0.1, 0.15) is 5.69 Å². The number of aromatic nitrogens is 2. The van der Waals surface area contributed by atoms with Crippen molar-refractivity contribution in [1.29, 1.82) is 0 Å². The number of thiazole rings is 1. The lowest BCUT2D eigenvalue weighted by Crippen LogP contribution is -2.09. The SMILES string of the molecule is CCOC(=O)Cc1csc2nc(-c3cccs3)c(C)n12. The second-order valence-electron chi connectivity index (χ2n) is 4.35. The first kappa shape index (κ1) is 13.3. The van der Waals surface area contributed by atoms with Gasteiger partial charge in [-0.25, -0.2) is 4.98 Å². The minimum Gasteiger partial charge on any atom is -0.466 e. The average Bonchev–Trinajstić information content (AvgIpc) is 3.09. The van der Waals surface area contributed by atoms with E-state index >= 15 is 0 Å². The first-order chi connectivity index (χ1) is 9.70. The molecule has 6 heteroatoms. The number of aryl methyl sites for hydroxylation is 1. The number of fused-ring (bicyclic) bond motifs is 1. The summed E-state index contributed by atoms with van der Waals surface area (Å²) in [5.74, 6) is -0.196. The molecule has 0 atom stereocenters. The topological polar surface area (TPSA) is 43.6 Å². The Morgan fingerprint density at radius 2 is 2.30 bits per heavy atom. The van der Waals surface area contributed by atoms with E-state index in [4.69, 9.17) is 4.74 Å². The molecule has 104 valence electrons. The normalized spacial score (nSPS) is 11.1. The molecule has 0 unspecified atom stereocenters. The van der Waals surface area contributed by atoms with Crippen molar-refractivity contribution >= 4 is 33.6 Å². The Hall–Kier alpha value is -1.66. The summed E-state index contributed by atoms with van der Waals surface area (Å²) in [7, 11) is 0. The van der Waals surface area contributed by atoms with Crippen molar-refractivity contribution in [3.63, 3.8) is 0 Å². The van der Waals surface area contributed by atoms with Gasteiger partial charge >= 0.3 is 5.97 Å². The molecule has 0 bridgehead atoms. The van der Waals surface area contributed by atoms with Crippen LogP contribution in [0.4, 0.5) is 0 Å². The molecule has 4 nitrogen and oxygen atoms in total. The van der Waals surface area contributed by atoms with E-state index in [0.717, 1.165) is 26.9 Å². The van der Waals surface area contributed by atoms with Gasteiger partial charge in [0.25, 0.3) is 0 Å². The third-order valence-corrected chi connectivity index (χ3v) is 4.80. The molecule has 0 fully saturated rings. The summed E-state index contributed by atoms with van der Waals surface area (Å²) in [6.45, 7) is 4.27. The highest BCUT2D eigenvalue weighted by Crippen LogP contribution is 2.30. The summed E-state index contributed by atoms with van der Waals surface area (Å²) >= 11 is 3.23. The molecule has 0 spiro atoms. The maximum Gasteiger partial charge on any atom is 0.311 e. The first-order valence-corrected chi connectivity index (χ1v) is 8.11. The highest BCUT2D eigenvalue weighted by Gasteiger charge is 2.17. The number of carbonyl (C=O) groups excluding carboxylic acids is 1. The third-order valence-electron chi connectivity index (χ3n) is 3.05. The highest BCUT2D eigenvalue weighted by atomic mass is 32.1. The molecular weight excluding hydrogens is 292 g/mol. The van der Waals surface area contributed by atoms with E-state index < -0.39 is 0 Å². The number of imidazole rings is 1. The number of thiophene rings is 1. The van der Waals surface area contributed by atoms with Crippen LogP contribution in [0.2, 0.25) is 0 Å².